The zero-order valence-corrected chi connectivity index (χ0v) is 22.4. The normalized spacial score (nSPS) is 13.1. The third-order valence-corrected chi connectivity index (χ3v) is 8.80. The van der Waals surface area contributed by atoms with Crippen molar-refractivity contribution in [2.45, 2.75) is 32.6 Å². The Balaban J connectivity index is 1.66. The molecule has 6 nitrogen and oxygen atoms in total. The van der Waals surface area contributed by atoms with Crippen LogP contribution in [0.3, 0.4) is 0 Å². The molecule has 0 saturated heterocycles. The number of nitrogens with zero attached hydrogens (tertiary/aromatic N) is 3. The van der Waals surface area contributed by atoms with Gasteiger partial charge in [0, 0.05) is 31.1 Å². The molecular formula is C27H31N3O3S2. The van der Waals surface area contributed by atoms with Gasteiger partial charge in [-0.25, -0.2) is 8.42 Å². The van der Waals surface area contributed by atoms with Crippen LogP contribution in [0.4, 0.5) is 0 Å². The van der Waals surface area contributed by atoms with E-state index in [0.29, 0.717) is 23.5 Å². The van der Waals surface area contributed by atoms with Crippen LogP contribution in [0.15, 0.2) is 70.6 Å². The Labute approximate surface area is 210 Å². The number of aromatic nitrogens is 1. The summed E-state index contributed by atoms with van der Waals surface area (Å²) in [6, 6.07) is 18.3. The van der Waals surface area contributed by atoms with Crippen LogP contribution in [0, 0.1) is 11.8 Å². The van der Waals surface area contributed by atoms with E-state index >= 15 is 0 Å². The summed E-state index contributed by atoms with van der Waals surface area (Å²) in [6.45, 7) is 8.92. The minimum atomic E-state index is -3.65. The maximum Gasteiger partial charge on any atom is 0.279 e. The van der Waals surface area contributed by atoms with Crippen molar-refractivity contribution in [1.82, 2.24) is 8.87 Å². The number of aryl methyl sites for hydroxylation is 1. The van der Waals surface area contributed by atoms with Gasteiger partial charge in [-0.15, -0.1) is 0 Å². The fourth-order valence-electron chi connectivity index (χ4n) is 4.12. The number of carbonyl (C=O) groups excluding carboxylic acids is 1. The molecule has 0 spiro atoms. The van der Waals surface area contributed by atoms with Crippen LogP contribution in [0.25, 0.3) is 21.0 Å². The molecule has 0 fully saturated rings. The Hall–Kier alpha value is -2.81. The lowest BCUT2D eigenvalue weighted by Gasteiger charge is -2.25. The third kappa shape index (κ3) is 5.24. The standard InChI is InChI=1S/C27H31N3O3S2/c1-18(2)16-30(17-19(3)4)35(32,33)22-13-10-21(11-14-22)26(31)28-27-29(5)24-15-12-20-8-6-7-9-23(20)25(24)34-27/h6-15,18-19H,16-17H2,1-5H3. The summed E-state index contributed by atoms with van der Waals surface area (Å²) >= 11 is 1.47. The average molecular weight is 510 g/mol. The highest BCUT2D eigenvalue weighted by atomic mass is 32.2. The van der Waals surface area contributed by atoms with Gasteiger partial charge in [0.15, 0.2) is 4.80 Å². The SMILES string of the molecule is CC(C)CN(CC(C)C)S(=O)(=O)c1ccc(C(=O)N=c2sc3c4ccccc4ccc3n2C)cc1. The summed E-state index contributed by atoms with van der Waals surface area (Å²) in [5, 5.41) is 2.27. The maximum absolute atomic E-state index is 13.2. The van der Waals surface area contributed by atoms with Crippen LogP contribution in [-0.2, 0) is 17.1 Å². The van der Waals surface area contributed by atoms with Crippen molar-refractivity contribution in [3.63, 3.8) is 0 Å². The molecule has 0 aliphatic rings. The van der Waals surface area contributed by atoms with E-state index in [1.807, 2.05) is 57.5 Å². The van der Waals surface area contributed by atoms with Crippen molar-refractivity contribution in [3.05, 3.63) is 71.0 Å². The number of amides is 1. The van der Waals surface area contributed by atoms with Crippen molar-refractivity contribution >= 4 is 48.3 Å². The van der Waals surface area contributed by atoms with Gasteiger partial charge in [-0.3, -0.25) is 4.79 Å². The van der Waals surface area contributed by atoms with Gasteiger partial charge in [0.2, 0.25) is 10.0 Å². The molecule has 0 N–H and O–H groups in total. The fraction of sp³-hybridized carbons (Fsp3) is 0.333. The molecule has 1 aromatic heterocycles. The highest BCUT2D eigenvalue weighted by molar-refractivity contribution is 7.89. The summed E-state index contributed by atoms with van der Waals surface area (Å²) in [6.07, 6.45) is 0. The van der Waals surface area contributed by atoms with Gasteiger partial charge in [0.1, 0.15) is 0 Å². The van der Waals surface area contributed by atoms with Crippen LogP contribution in [0.1, 0.15) is 38.1 Å². The number of hydrogen-bond acceptors (Lipinski definition) is 4. The van der Waals surface area contributed by atoms with E-state index in [9.17, 15) is 13.2 Å². The fourth-order valence-corrected chi connectivity index (χ4v) is 7.04. The second-order valence-electron chi connectivity index (χ2n) is 9.63. The van der Waals surface area contributed by atoms with Crippen molar-refractivity contribution in [2.24, 2.45) is 23.9 Å². The quantitative estimate of drug-likeness (QED) is 0.333. The summed E-state index contributed by atoms with van der Waals surface area (Å²) in [7, 11) is -1.75. The lowest BCUT2D eigenvalue weighted by atomic mass is 10.1. The van der Waals surface area contributed by atoms with Gasteiger partial charge in [-0.1, -0.05) is 69.4 Å². The Morgan fingerprint density at radius 3 is 2.20 bits per heavy atom. The Bertz CT molecular complexity index is 1540. The lowest BCUT2D eigenvalue weighted by molar-refractivity contribution is 0.0998. The zero-order valence-electron chi connectivity index (χ0n) is 20.7. The first-order valence-electron chi connectivity index (χ1n) is 11.7. The molecule has 3 aromatic carbocycles. The van der Waals surface area contributed by atoms with Crippen LogP contribution in [0.2, 0.25) is 0 Å². The lowest BCUT2D eigenvalue weighted by Crippen LogP contribution is -2.37. The number of fused-ring (bicyclic) bond motifs is 3. The van der Waals surface area contributed by atoms with E-state index in [-0.39, 0.29) is 16.7 Å². The van der Waals surface area contributed by atoms with Gasteiger partial charge in [0.05, 0.1) is 15.1 Å². The van der Waals surface area contributed by atoms with Gasteiger partial charge in [-0.2, -0.15) is 9.30 Å². The topological polar surface area (TPSA) is 71.7 Å². The summed E-state index contributed by atoms with van der Waals surface area (Å²) in [5.74, 6) is 0.0197. The first-order chi connectivity index (χ1) is 16.6. The monoisotopic (exact) mass is 509 g/mol. The predicted molar refractivity (Wildman–Crippen MR) is 143 cm³/mol. The van der Waals surface area contributed by atoms with Crippen molar-refractivity contribution in [1.29, 1.82) is 0 Å². The minimum absolute atomic E-state index is 0.189. The second kappa shape index (κ2) is 10.0. The molecule has 0 unspecified atom stereocenters. The largest absolute Gasteiger partial charge is 0.319 e. The Kier molecular flexibility index (Phi) is 7.26. The molecule has 1 heterocycles. The third-order valence-electron chi connectivity index (χ3n) is 5.77. The van der Waals surface area contributed by atoms with Crippen LogP contribution in [-0.4, -0.2) is 36.3 Å². The molecule has 35 heavy (non-hydrogen) atoms. The van der Waals surface area contributed by atoms with E-state index < -0.39 is 15.9 Å². The predicted octanol–water partition coefficient (Wildman–Crippen LogP) is 5.44. The first-order valence-corrected chi connectivity index (χ1v) is 14.0. The maximum atomic E-state index is 13.2. The molecule has 0 atom stereocenters. The van der Waals surface area contributed by atoms with Gasteiger partial charge >= 0.3 is 0 Å². The van der Waals surface area contributed by atoms with Crippen molar-refractivity contribution < 1.29 is 13.2 Å². The van der Waals surface area contributed by atoms with E-state index in [2.05, 4.69) is 23.2 Å². The summed E-state index contributed by atoms with van der Waals surface area (Å²) < 4.78 is 31.0. The van der Waals surface area contributed by atoms with Gasteiger partial charge in [-0.05, 0) is 47.6 Å². The second-order valence-corrected chi connectivity index (χ2v) is 12.5. The number of sulfonamides is 1. The van der Waals surface area contributed by atoms with Gasteiger partial charge in [0.25, 0.3) is 5.91 Å². The molecule has 0 aliphatic carbocycles. The Morgan fingerprint density at radius 1 is 0.943 bits per heavy atom. The number of carbonyl (C=O) groups is 1. The van der Waals surface area contributed by atoms with E-state index in [0.717, 1.165) is 21.0 Å². The van der Waals surface area contributed by atoms with Crippen LogP contribution >= 0.6 is 11.3 Å². The zero-order chi connectivity index (χ0) is 25.3. The smallest absolute Gasteiger partial charge is 0.279 e. The number of thiazole rings is 1. The average Bonchev–Trinajstić information content (AvgIpc) is 3.13. The highest BCUT2D eigenvalue weighted by Crippen LogP contribution is 2.27. The summed E-state index contributed by atoms with van der Waals surface area (Å²) in [5.41, 5.74) is 1.36. The molecule has 8 heteroatoms. The molecule has 4 aromatic rings. The molecule has 4 rings (SSSR count). The number of benzene rings is 3. The summed E-state index contributed by atoms with van der Waals surface area (Å²) in [4.78, 5) is 18.1. The molecule has 0 radical (unpaired) electrons. The number of hydrogen-bond donors (Lipinski definition) is 0. The van der Waals surface area contributed by atoms with E-state index in [1.165, 1.54) is 27.8 Å². The van der Waals surface area contributed by atoms with Crippen molar-refractivity contribution in [2.75, 3.05) is 13.1 Å². The van der Waals surface area contributed by atoms with E-state index in [1.54, 1.807) is 12.1 Å². The van der Waals surface area contributed by atoms with Crippen LogP contribution < -0.4 is 4.80 Å². The Morgan fingerprint density at radius 2 is 1.57 bits per heavy atom. The van der Waals surface area contributed by atoms with Crippen LogP contribution in [0.5, 0.6) is 0 Å². The molecule has 0 aliphatic heterocycles. The minimum Gasteiger partial charge on any atom is -0.319 e. The molecule has 0 saturated carbocycles. The van der Waals surface area contributed by atoms with Gasteiger partial charge < -0.3 is 4.57 Å². The molecular weight excluding hydrogens is 478 g/mol. The highest BCUT2D eigenvalue weighted by Gasteiger charge is 2.26. The molecule has 0 bridgehead atoms. The van der Waals surface area contributed by atoms with Crippen molar-refractivity contribution in [3.8, 4) is 0 Å². The first kappa shape index (κ1) is 25.3. The molecule has 1 amide bonds. The molecule has 184 valence electrons. The number of rotatable bonds is 7. The van der Waals surface area contributed by atoms with E-state index in [4.69, 9.17) is 0 Å².